The summed E-state index contributed by atoms with van der Waals surface area (Å²) in [5.41, 5.74) is 0. The van der Waals surface area contributed by atoms with Crippen LogP contribution < -0.4 is 0 Å². The number of allylic oxidation sites excluding steroid dienone is 1. The van der Waals surface area contributed by atoms with E-state index in [9.17, 15) is 8.42 Å². The standard InChI is InChI=1S/C20H40O3S/c1-2-3-4-5-6-7-8-9-10-11-12-13-14-15-16-17-18-19-20-24(21,22)23/h19-20H,2-18H2,1H3,(H,21,22,23)/b20-19+. The van der Waals surface area contributed by atoms with Crippen LogP contribution in [0, 0.1) is 0 Å². The van der Waals surface area contributed by atoms with Gasteiger partial charge in [-0.05, 0) is 12.8 Å². The molecular formula is C20H40O3S. The fourth-order valence-corrected chi connectivity index (χ4v) is 3.38. The van der Waals surface area contributed by atoms with Crippen LogP contribution in [-0.4, -0.2) is 13.0 Å². The van der Waals surface area contributed by atoms with Crippen LogP contribution >= 0.6 is 0 Å². The molecule has 0 aromatic carbocycles. The highest BCUT2D eigenvalue weighted by molar-refractivity contribution is 7.88. The molecular weight excluding hydrogens is 320 g/mol. The van der Waals surface area contributed by atoms with Gasteiger partial charge >= 0.3 is 0 Å². The summed E-state index contributed by atoms with van der Waals surface area (Å²) in [7, 11) is -3.93. The molecule has 0 bridgehead atoms. The average molecular weight is 361 g/mol. The molecule has 1 N–H and O–H groups in total. The molecule has 3 nitrogen and oxygen atoms in total. The first-order valence-corrected chi connectivity index (χ1v) is 11.7. The molecule has 0 aliphatic carbocycles. The molecule has 0 saturated heterocycles. The van der Waals surface area contributed by atoms with Gasteiger partial charge in [0.1, 0.15) is 0 Å². The van der Waals surface area contributed by atoms with Crippen molar-refractivity contribution in [1.29, 1.82) is 0 Å². The molecule has 144 valence electrons. The zero-order chi connectivity index (χ0) is 17.9. The number of unbranched alkanes of at least 4 members (excludes halogenated alkanes) is 16. The quantitative estimate of drug-likeness (QED) is 0.211. The second-order valence-electron chi connectivity index (χ2n) is 6.98. The van der Waals surface area contributed by atoms with E-state index < -0.39 is 10.1 Å². The minimum atomic E-state index is -3.93. The van der Waals surface area contributed by atoms with Crippen molar-refractivity contribution in [2.24, 2.45) is 0 Å². The number of hydrogen-bond acceptors (Lipinski definition) is 2. The van der Waals surface area contributed by atoms with Crippen molar-refractivity contribution in [3.05, 3.63) is 11.5 Å². The largest absolute Gasteiger partial charge is 0.287 e. The fraction of sp³-hybridized carbons (Fsp3) is 0.900. The topological polar surface area (TPSA) is 54.4 Å². The van der Waals surface area contributed by atoms with Crippen LogP contribution in [0.1, 0.15) is 116 Å². The van der Waals surface area contributed by atoms with Gasteiger partial charge in [0.15, 0.2) is 0 Å². The zero-order valence-electron chi connectivity index (χ0n) is 15.8. The van der Waals surface area contributed by atoms with E-state index in [2.05, 4.69) is 6.92 Å². The van der Waals surface area contributed by atoms with Crippen LogP contribution in [0.15, 0.2) is 11.5 Å². The zero-order valence-corrected chi connectivity index (χ0v) is 16.7. The highest BCUT2D eigenvalue weighted by Gasteiger charge is 1.96. The molecule has 0 atom stereocenters. The molecule has 0 rings (SSSR count). The minimum Gasteiger partial charge on any atom is -0.282 e. The van der Waals surface area contributed by atoms with Gasteiger partial charge in [-0.15, -0.1) is 0 Å². The van der Waals surface area contributed by atoms with Crippen molar-refractivity contribution in [2.75, 3.05) is 0 Å². The van der Waals surface area contributed by atoms with Crippen LogP contribution in [0.2, 0.25) is 0 Å². The molecule has 0 aliphatic heterocycles. The van der Waals surface area contributed by atoms with Crippen LogP contribution in [-0.2, 0) is 10.1 Å². The Morgan fingerprint density at radius 2 is 0.958 bits per heavy atom. The van der Waals surface area contributed by atoms with Gasteiger partial charge in [-0.1, -0.05) is 109 Å². The maximum atomic E-state index is 10.5. The van der Waals surface area contributed by atoms with Crippen molar-refractivity contribution in [2.45, 2.75) is 116 Å². The Hall–Kier alpha value is -0.350. The van der Waals surface area contributed by atoms with Gasteiger partial charge in [-0.2, -0.15) is 8.42 Å². The van der Waals surface area contributed by atoms with Crippen molar-refractivity contribution >= 4 is 10.1 Å². The molecule has 0 radical (unpaired) electrons. The van der Waals surface area contributed by atoms with Crippen LogP contribution in [0.3, 0.4) is 0 Å². The van der Waals surface area contributed by atoms with E-state index in [4.69, 9.17) is 4.55 Å². The molecule has 0 unspecified atom stereocenters. The third-order valence-electron chi connectivity index (χ3n) is 4.49. The minimum absolute atomic E-state index is 0.734. The molecule has 0 amide bonds. The molecule has 24 heavy (non-hydrogen) atoms. The van der Waals surface area contributed by atoms with E-state index in [1.54, 1.807) is 6.08 Å². The van der Waals surface area contributed by atoms with Crippen LogP contribution in [0.4, 0.5) is 0 Å². The van der Waals surface area contributed by atoms with E-state index in [0.29, 0.717) is 0 Å². The Morgan fingerprint density at radius 1 is 0.625 bits per heavy atom. The maximum Gasteiger partial charge on any atom is 0.287 e. The summed E-state index contributed by atoms with van der Waals surface area (Å²) >= 11 is 0. The van der Waals surface area contributed by atoms with Crippen molar-refractivity contribution in [3.63, 3.8) is 0 Å². The van der Waals surface area contributed by atoms with E-state index in [-0.39, 0.29) is 0 Å². The molecule has 0 heterocycles. The summed E-state index contributed by atoms with van der Waals surface area (Å²) in [5, 5.41) is 0.887. The fourth-order valence-electron chi connectivity index (χ4n) is 3.00. The first-order chi connectivity index (χ1) is 11.6. The summed E-state index contributed by atoms with van der Waals surface area (Å²) in [6, 6.07) is 0. The Labute approximate surface area is 151 Å². The first kappa shape index (κ1) is 23.6. The Morgan fingerprint density at radius 3 is 1.29 bits per heavy atom. The molecule has 0 aromatic heterocycles. The molecule has 0 aromatic rings. The lowest BCUT2D eigenvalue weighted by Gasteiger charge is -2.03. The Balaban J connectivity index is 3.09. The molecule has 0 saturated carbocycles. The van der Waals surface area contributed by atoms with Crippen molar-refractivity contribution < 1.29 is 13.0 Å². The second kappa shape index (κ2) is 17.5. The van der Waals surface area contributed by atoms with Gasteiger partial charge in [0.25, 0.3) is 10.1 Å². The maximum absolute atomic E-state index is 10.5. The monoisotopic (exact) mass is 360 g/mol. The van der Waals surface area contributed by atoms with Crippen LogP contribution in [0.5, 0.6) is 0 Å². The lowest BCUT2D eigenvalue weighted by atomic mass is 10.0. The smallest absolute Gasteiger partial charge is 0.282 e. The lowest BCUT2D eigenvalue weighted by Crippen LogP contribution is -1.89. The SMILES string of the molecule is CCCCCCCCCCCCCCCCCC/C=C/S(=O)(=O)O. The van der Waals surface area contributed by atoms with Crippen LogP contribution in [0.25, 0.3) is 0 Å². The highest BCUT2D eigenvalue weighted by Crippen LogP contribution is 2.14. The Bertz CT molecular complexity index is 374. The van der Waals surface area contributed by atoms with Crippen molar-refractivity contribution in [1.82, 2.24) is 0 Å². The predicted octanol–water partition coefficient (Wildman–Crippen LogP) is 7.04. The molecule has 4 heteroatoms. The number of rotatable bonds is 18. The normalized spacial score (nSPS) is 12.2. The van der Waals surface area contributed by atoms with E-state index in [1.807, 2.05) is 0 Å². The summed E-state index contributed by atoms with van der Waals surface area (Å²) < 4.78 is 29.5. The second-order valence-corrected chi connectivity index (χ2v) is 8.28. The molecule has 0 aliphatic rings. The van der Waals surface area contributed by atoms with Gasteiger partial charge < -0.3 is 0 Å². The van der Waals surface area contributed by atoms with Gasteiger partial charge in [-0.3, -0.25) is 4.55 Å². The lowest BCUT2D eigenvalue weighted by molar-refractivity contribution is 0.494. The summed E-state index contributed by atoms with van der Waals surface area (Å²) in [6.07, 6.45) is 23.7. The van der Waals surface area contributed by atoms with Gasteiger partial charge in [0.2, 0.25) is 0 Å². The predicted molar refractivity (Wildman–Crippen MR) is 105 cm³/mol. The summed E-state index contributed by atoms with van der Waals surface area (Å²) in [4.78, 5) is 0. The van der Waals surface area contributed by atoms with E-state index >= 15 is 0 Å². The van der Waals surface area contributed by atoms with E-state index in [0.717, 1.165) is 24.7 Å². The summed E-state index contributed by atoms with van der Waals surface area (Å²) in [6.45, 7) is 2.27. The average Bonchev–Trinajstić information content (AvgIpc) is 2.52. The van der Waals surface area contributed by atoms with Gasteiger partial charge in [0.05, 0.1) is 5.41 Å². The first-order valence-electron chi connectivity index (χ1n) is 10.2. The molecule has 0 fully saturated rings. The highest BCUT2D eigenvalue weighted by atomic mass is 32.2. The number of hydrogen-bond donors (Lipinski definition) is 1. The third-order valence-corrected chi connectivity index (χ3v) is 5.03. The van der Waals surface area contributed by atoms with Gasteiger partial charge in [-0.25, -0.2) is 0 Å². The van der Waals surface area contributed by atoms with Crippen molar-refractivity contribution in [3.8, 4) is 0 Å². The molecule has 0 spiro atoms. The van der Waals surface area contributed by atoms with Gasteiger partial charge in [0, 0.05) is 0 Å². The third kappa shape index (κ3) is 21.6. The van der Waals surface area contributed by atoms with E-state index in [1.165, 1.54) is 89.9 Å². The Kier molecular flexibility index (Phi) is 17.2. The summed E-state index contributed by atoms with van der Waals surface area (Å²) in [5.74, 6) is 0.